The second kappa shape index (κ2) is 6.22. The predicted molar refractivity (Wildman–Crippen MR) is 95.3 cm³/mol. The van der Waals surface area contributed by atoms with E-state index < -0.39 is 43.9 Å². The van der Waals surface area contributed by atoms with E-state index >= 15 is 0 Å². The van der Waals surface area contributed by atoms with Crippen molar-refractivity contribution in [1.82, 2.24) is 0 Å². The number of rotatable bonds is 4. The van der Waals surface area contributed by atoms with Gasteiger partial charge in [0.1, 0.15) is 17.1 Å². The number of phenolic OH excluding ortho intramolecular Hbond substituents is 1. The molecule has 0 saturated heterocycles. The first kappa shape index (κ1) is 8.09. The maximum Gasteiger partial charge on any atom is 0.127 e. The Morgan fingerprint density at radius 3 is 3.04 bits per heavy atom. The number of hydrogen-bond donors (Lipinski definition) is 1. The first-order chi connectivity index (χ1) is 15.0. The number of benzene rings is 1. The zero-order valence-corrected chi connectivity index (χ0v) is 13.6. The van der Waals surface area contributed by atoms with Crippen molar-refractivity contribution in [2.75, 3.05) is 0 Å². The molecular formula is C21H30O2. The van der Waals surface area contributed by atoms with Gasteiger partial charge < -0.3 is 9.84 Å². The molecule has 1 N–H and O–H groups in total. The van der Waals surface area contributed by atoms with Crippen LogP contribution in [0.25, 0.3) is 0 Å². The first-order valence-electron chi connectivity index (χ1n) is 13.2. The van der Waals surface area contributed by atoms with Crippen LogP contribution in [0.4, 0.5) is 0 Å². The molecular weight excluding hydrogens is 284 g/mol. The van der Waals surface area contributed by atoms with E-state index in [9.17, 15) is 6.48 Å². The normalized spacial score (nSPS) is 38.4. The highest BCUT2D eigenvalue weighted by Gasteiger charge is 2.45. The molecule has 0 saturated carbocycles. The smallest absolute Gasteiger partial charge is 0.127 e. The summed E-state index contributed by atoms with van der Waals surface area (Å²) >= 11 is 0. The third-order valence-electron chi connectivity index (χ3n) is 4.40. The van der Waals surface area contributed by atoms with E-state index in [-0.39, 0.29) is 28.7 Å². The highest BCUT2D eigenvalue weighted by molar-refractivity contribution is 5.53. The van der Waals surface area contributed by atoms with Gasteiger partial charge in [0.05, 0.1) is 1.37 Å². The summed E-state index contributed by atoms with van der Waals surface area (Å²) in [6.45, 7) is -3.35. The molecule has 0 amide bonds. The average molecular weight is 325 g/mol. The van der Waals surface area contributed by atoms with Gasteiger partial charge in [-0.3, -0.25) is 0 Å². The quantitative estimate of drug-likeness (QED) is 0.565. The summed E-state index contributed by atoms with van der Waals surface area (Å²) < 4.78 is 90.0. The molecule has 0 unspecified atom stereocenters. The number of aryl methyl sites for hydroxylation is 1. The molecule has 126 valence electrons. The standard InChI is InChI=1S/C21H30O2/c1-5-6-7-8-15-12-18(22)20-16-11-14(2)9-10-17(16)21(3,4)23-19(20)13-15/h11-13,16-17,22H,5-10H2,1-4H3/t16-,17-/m1/s1/i3D3,4D3,10D2,11D,17D. The van der Waals surface area contributed by atoms with Crippen LogP contribution in [0, 0.1) is 5.89 Å². The highest BCUT2D eigenvalue weighted by atomic mass is 16.5. The van der Waals surface area contributed by atoms with Crippen molar-refractivity contribution in [3.63, 3.8) is 0 Å². The van der Waals surface area contributed by atoms with Gasteiger partial charge in [0.15, 0.2) is 0 Å². The summed E-state index contributed by atoms with van der Waals surface area (Å²) in [5.74, 6) is -5.17. The molecule has 1 heterocycles. The molecule has 1 aliphatic carbocycles. The minimum absolute atomic E-state index is 0.110. The first-order valence-corrected chi connectivity index (χ1v) is 8.17. The van der Waals surface area contributed by atoms with Gasteiger partial charge in [-0.2, -0.15) is 0 Å². The number of phenols is 1. The Balaban J connectivity index is 2.43. The Morgan fingerprint density at radius 1 is 1.48 bits per heavy atom. The molecule has 2 heteroatoms. The van der Waals surface area contributed by atoms with Gasteiger partial charge in [-0.25, -0.2) is 0 Å². The van der Waals surface area contributed by atoms with Gasteiger partial charge in [0.2, 0.25) is 0 Å². The number of allylic oxidation sites excluding steroid dienone is 2. The third kappa shape index (κ3) is 3.13. The van der Waals surface area contributed by atoms with E-state index in [4.69, 9.17) is 17.1 Å². The lowest BCUT2D eigenvalue weighted by atomic mass is 9.68. The van der Waals surface area contributed by atoms with E-state index in [0.717, 1.165) is 19.3 Å². The fraction of sp³-hybridized carbons (Fsp3) is 0.619. The molecule has 0 bridgehead atoms. The van der Waals surface area contributed by atoms with Crippen molar-refractivity contribution in [2.45, 2.75) is 77.5 Å². The predicted octanol–water partition coefficient (Wildman–Crippen LogP) is 5.74. The summed E-state index contributed by atoms with van der Waals surface area (Å²) in [7, 11) is 0. The fourth-order valence-corrected chi connectivity index (χ4v) is 3.23. The molecule has 2 nitrogen and oxygen atoms in total. The SMILES string of the molecule is [2H]C1=C(C)CC([2H])([2H])[C@]2([2H])[C@@H]1c1c(O)cc(CCCCC)cc1OC2(C([2H])([2H])[2H])C([2H])([2H])[2H]. The number of ether oxygens (including phenoxy) is 1. The summed E-state index contributed by atoms with van der Waals surface area (Å²) in [5.41, 5.74) is -2.51. The lowest BCUT2D eigenvalue weighted by Gasteiger charge is -2.46. The summed E-state index contributed by atoms with van der Waals surface area (Å²) in [6, 6.07) is 2.64. The van der Waals surface area contributed by atoms with E-state index in [0.29, 0.717) is 12.0 Å². The molecule has 0 spiro atoms. The molecule has 2 atom stereocenters. The maximum absolute atomic E-state index is 10.9. The molecule has 0 fully saturated rings. The second-order valence-corrected chi connectivity index (χ2v) is 6.39. The van der Waals surface area contributed by atoms with Crippen molar-refractivity contribution in [3.05, 3.63) is 34.9 Å². The van der Waals surface area contributed by atoms with Gasteiger partial charge in [0, 0.05) is 29.7 Å². The lowest BCUT2D eigenvalue weighted by Crippen LogP contribution is -2.45. The van der Waals surface area contributed by atoms with Crippen LogP contribution in [0.2, 0.25) is 0 Å². The Labute approximate surface area is 154 Å². The van der Waals surface area contributed by atoms with Crippen LogP contribution >= 0.6 is 0 Å². The van der Waals surface area contributed by atoms with E-state index in [1.54, 1.807) is 0 Å². The molecule has 3 rings (SSSR count). The molecule has 1 aliphatic heterocycles. The van der Waals surface area contributed by atoms with Crippen molar-refractivity contribution in [3.8, 4) is 11.5 Å². The van der Waals surface area contributed by atoms with Crippen molar-refractivity contribution < 1.29 is 23.6 Å². The van der Waals surface area contributed by atoms with Crippen LogP contribution in [0.3, 0.4) is 0 Å². The van der Waals surface area contributed by atoms with Gasteiger partial charge in [-0.1, -0.05) is 31.4 Å². The lowest BCUT2D eigenvalue weighted by molar-refractivity contribution is 0.0107. The number of hydrogen-bond acceptors (Lipinski definition) is 2. The van der Waals surface area contributed by atoms with Crippen molar-refractivity contribution >= 4 is 0 Å². The molecule has 2 aliphatic rings. The highest BCUT2D eigenvalue weighted by Crippen LogP contribution is 2.53. The maximum atomic E-state index is 10.9. The van der Waals surface area contributed by atoms with Crippen molar-refractivity contribution in [1.29, 1.82) is 0 Å². The molecule has 0 aromatic heterocycles. The second-order valence-electron chi connectivity index (χ2n) is 6.39. The van der Waals surface area contributed by atoms with Crippen LogP contribution in [-0.4, -0.2) is 10.7 Å². The van der Waals surface area contributed by atoms with Crippen LogP contribution in [-0.2, 0) is 6.42 Å². The van der Waals surface area contributed by atoms with Crippen LogP contribution in [0.1, 0.15) is 90.4 Å². The summed E-state index contributed by atoms with van der Waals surface area (Å²) in [6.07, 6.45) is 0.0273. The number of aromatic hydroxyl groups is 1. The Bertz CT molecular complexity index is 949. The third-order valence-corrected chi connectivity index (χ3v) is 4.40. The van der Waals surface area contributed by atoms with Crippen LogP contribution in [0.15, 0.2) is 23.8 Å². The minimum Gasteiger partial charge on any atom is -0.507 e. The number of fused-ring (bicyclic) bond motifs is 3. The molecule has 23 heavy (non-hydrogen) atoms. The van der Waals surface area contributed by atoms with Gasteiger partial charge in [0.25, 0.3) is 0 Å². The van der Waals surface area contributed by atoms with Crippen LogP contribution < -0.4 is 4.74 Å². The minimum atomic E-state index is -3.44. The van der Waals surface area contributed by atoms with E-state index in [1.165, 1.54) is 19.1 Å². The van der Waals surface area contributed by atoms with Crippen molar-refractivity contribution in [2.24, 2.45) is 5.89 Å². The topological polar surface area (TPSA) is 29.5 Å². The Kier molecular flexibility index (Phi) is 2.19. The fourth-order valence-electron chi connectivity index (χ4n) is 3.23. The summed E-state index contributed by atoms with van der Waals surface area (Å²) in [5, 5.41) is 10.9. The van der Waals surface area contributed by atoms with Gasteiger partial charge >= 0.3 is 0 Å². The molecule has 0 radical (unpaired) electrons. The average Bonchev–Trinajstić information content (AvgIpc) is 2.64. The zero-order valence-electron chi connectivity index (χ0n) is 23.6. The van der Waals surface area contributed by atoms with E-state index in [1.807, 2.05) is 6.92 Å². The van der Waals surface area contributed by atoms with Gasteiger partial charge in [-0.05, 0) is 64.0 Å². The zero-order chi connectivity index (χ0) is 25.2. The Hall–Kier alpha value is -1.44. The Morgan fingerprint density at radius 2 is 2.30 bits per heavy atom. The molecule has 1 aromatic carbocycles. The van der Waals surface area contributed by atoms with Crippen LogP contribution in [0.5, 0.6) is 11.5 Å². The molecule has 1 aromatic rings. The summed E-state index contributed by atoms with van der Waals surface area (Å²) in [4.78, 5) is 0. The van der Waals surface area contributed by atoms with E-state index in [2.05, 4.69) is 0 Å². The number of unbranched alkanes of at least 4 members (excludes halogenated alkanes) is 2. The van der Waals surface area contributed by atoms with Gasteiger partial charge in [-0.15, -0.1) is 0 Å². The monoisotopic (exact) mass is 324 g/mol. The largest absolute Gasteiger partial charge is 0.507 e.